The van der Waals surface area contributed by atoms with Gasteiger partial charge in [-0.1, -0.05) is 11.6 Å². The number of halogens is 2. The fourth-order valence-corrected chi connectivity index (χ4v) is 3.94. The van der Waals surface area contributed by atoms with E-state index in [4.69, 9.17) is 21.1 Å². The minimum Gasteiger partial charge on any atom is -0.492 e. The van der Waals surface area contributed by atoms with Crippen LogP contribution < -0.4 is 25.4 Å². The smallest absolute Gasteiger partial charge is 0.277 e. The molecule has 0 saturated carbocycles. The average Bonchev–Trinajstić information content (AvgIpc) is 2.92. The summed E-state index contributed by atoms with van der Waals surface area (Å²) < 4.78 is 24.0. The van der Waals surface area contributed by atoms with Crippen molar-refractivity contribution < 1.29 is 23.5 Å². The number of hydrogen-bond acceptors (Lipinski definition) is 7. The molecule has 1 aliphatic heterocycles. The third-order valence-electron chi connectivity index (χ3n) is 5.66. The Labute approximate surface area is 218 Å². The van der Waals surface area contributed by atoms with Gasteiger partial charge in [-0.25, -0.2) is 14.4 Å². The topological polar surface area (TPSA) is 114 Å². The van der Waals surface area contributed by atoms with E-state index in [9.17, 15) is 14.0 Å². The molecule has 0 aliphatic carbocycles. The van der Waals surface area contributed by atoms with Crippen LogP contribution in [-0.4, -0.2) is 54.8 Å². The van der Waals surface area contributed by atoms with Crippen molar-refractivity contribution in [1.82, 2.24) is 15.3 Å². The first kappa shape index (κ1) is 26.3. The van der Waals surface area contributed by atoms with Crippen LogP contribution in [-0.2, 0) is 0 Å². The Balaban J connectivity index is 1.52. The molecule has 37 heavy (non-hydrogen) atoms. The molecule has 3 heterocycles. The summed E-state index contributed by atoms with van der Waals surface area (Å²) in [4.78, 5) is 34.3. The number of ether oxygens (including phenoxy) is 2. The summed E-state index contributed by atoms with van der Waals surface area (Å²) >= 11 is 5.85. The fourth-order valence-electron chi connectivity index (χ4n) is 3.83. The van der Waals surface area contributed by atoms with E-state index in [-0.39, 0.29) is 29.4 Å². The van der Waals surface area contributed by atoms with Gasteiger partial charge in [0.1, 0.15) is 30.6 Å². The van der Waals surface area contributed by atoms with Crippen molar-refractivity contribution in [2.45, 2.75) is 12.8 Å². The Hall–Kier alpha value is -3.76. The number of carbonyl (C=O) groups is 2. The van der Waals surface area contributed by atoms with Crippen molar-refractivity contribution in [2.75, 3.05) is 43.6 Å². The quantitative estimate of drug-likeness (QED) is 0.359. The minimum atomic E-state index is -0.635. The zero-order valence-electron chi connectivity index (χ0n) is 20.0. The molecule has 194 valence electrons. The summed E-state index contributed by atoms with van der Waals surface area (Å²) in [5, 5.41) is 9.15. The van der Waals surface area contributed by atoms with E-state index in [1.54, 1.807) is 42.5 Å². The number of nitrogens with zero attached hydrogens (tertiary/aromatic N) is 2. The number of nitrogens with one attached hydrogen (secondary N) is 3. The lowest BCUT2D eigenvalue weighted by atomic mass is 10.0. The van der Waals surface area contributed by atoms with Gasteiger partial charge in [-0.15, -0.1) is 0 Å². The highest BCUT2D eigenvalue weighted by Crippen LogP contribution is 2.28. The summed E-state index contributed by atoms with van der Waals surface area (Å²) in [5.74, 6) is 0.231. The molecule has 3 aromatic rings. The Morgan fingerprint density at radius 1 is 1.11 bits per heavy atom. The van der Waals surface area contributed by atoms with E-state index >= 15 is 0 Å². The molecule has 0 radical (unpaired) electrons. The molecule has 0 bridgehead atoms. The number of rotatable bonds is 10. The van der Waals surface area contributed by atoms with Crippen LogP contribution in [0.1, 0.15) is 33.7 Å². The molecular formula is C26H27ClFN5O4. The number of aromatic nitrogens is 2. The van der Waals surface area contributed by atoms with Gasteiger partial charge < -0.3 is 25.4 Å². The highest BCUT2D eigenvalue weighted by atomic mass is 35.5. The molecule has 3 N–H and O–H groups in total. The van der Waals surface area contributed by atoms with E-state index in [2.05, 4.69) is 25.9 Å². The zero-order chi connectivity index (χ0) is 26.0. The molecule has 1 aromatic carbocycles. The van der Waals surface area contributed by atoms with Crippen LogP contribution in [0.25, 0.3) is 0 Å². The van der Waals surface area contributed by atoms with Gasteiger partial charge in [0.2, 0.25) is 0 Å². The maximum atomic E-state index is 13.3. The van der Waals surface area contributed by atoms with Crippen LogP contribution in [0.5, 0.6) is 11.5 Å². The Kier molecular flexibility index (Phi) is 9.23. The van der Waals surface area contributed by atoms with E-state index in [0.717, 1.165) is 25.9 Å². The van der Waals surface area contributed by atoms with Gasteiger partial charge in [0.25, 0.3) is 11.8 Å². The number of hydrogen-bond donors (Lipinski definition) is 3. The van der Waals surface area contributed by atoms with Crippen molar-refractivity contribution in [1.29, 1.82) is 0 Å². The number of alkyl halides is 1. The number of benzene rings is 1. The van der Waals surface area contributed by atoms with Gasteiger partial charge >= 0.3 is 0 Å². The van der Waals surface area contributed by atoms with E-state index in [1.807, 2.05) is 0 Å². The minimum absolute atomic E-state index is 0.00578. The first-order valence-corrected chi connectivity index (χ1v) is 12.3. The maximum absolute atomic E-state index is 13.3. The first-order chi connectivity index (χ1) is 18.0. The van der Waals surface area contributed by atoms with Crippen molar-refractivity contribution in [3.63, 3.8) is 0 Å². The lowest BCUT2D eigenvalue weighted by Crippen LogP contribution is -2.33. The molecule has 2 aromatic heterocycles. The fraction of sp³-hybridized carbons (Fsp3) is 0.308. The molecule has 1 fully saturated rings. The summed E-state index contributed by atoms with van der Waals surface area (Å²) in [6.45, 7) is 1.48. The van der Waals surface area contributed by atoms with Crippen LogP contribution in [0.4, 0.5) is 15.9 Å². The van der Waals surface area contributed by atoms with Gasteiger partial charge in [0, 0.05) is 30.9 Å². The number of anilines is 2. The number of carbonyl (C=O) groups excluding carboxylic acids is 2. The van der Waals surface area contributed by atoms with Crippen molar-refractivity contribution >= 4 is 34.9 Å². The molecule has 11 heteroatoms. The van der Waals surface area contributed by atoms with Gasteiger partial charge in [0.05, 0.1) is 22.9 Å². The third-order valence-corrected chi connectivity index (χ3v) is 5.88. The monoisotopic (exact) mass is 527 g/mol. The van der Waals surface area contributed by atoms with Crippen LogP contribution in [0.15, 0.2) is 54.9 Å². The van der Waals surface area contributed by atoms with Crippen LogP contribution >= 0.6 is 11.6 Å². The summed E-state index contributed by atoms with van der Waals surface area (Å²) in [6, 6.07) is 11.0. The largest absolute Gasteiger partial charge is 0.492 e. The maximum Gasteiger partial charge on any atom is 0.277 e. The summed E-state index contributed by atoms with van der Waals surface area (Å²) in [7, 11) is 0. The summed E-state index contributed by atoms with van der Waals surface area (Å²) in [6.07, 6.45) is 4.93. The van der Waals surface area contributed by atoms with E-state index < -0.39 is 18.5 Å². The number of piperidine rings is 1. The molecule has 1 unspecified atom stereocenters. The highest BCUT2D eigenvalue weighted by molar-refractivity contribution is 6.30. The van der Waals surface area contributed by atoms with Crippen LogP contribution in [0, 0.1) is 5.92 Å². The Bertz CT molecular complexity index is 1220. The molecule has 1 aliphatic rings. The zero-order valence-corrected chi connectivity index (χ0v) is 20.8. The van der Waals surface area contributed by atoms with Gasteiger partial charge in [-0.05, 0) is 55.8 Å². The second-order valence-electron chi connectivity index (χ2n) is 8.39. The molecule has 9 nitrogen and oxygen atoms in total. The first-order valence-electron chi connectivity index (χ1n) is 11.9. The van der Waals surface area contributed by atoms with Crippen LogP contribution in [0.2, 0.25) is 5.02 Å². The lowest BCUT2D eigenvalue weighted by molar-refractivity contribution is 0.102. The van der Waals surface area contributed by atoms with Crippen molar-refractivity contribution in [2.24, 2.45) is 5.92 Å². The highest BCUT2D eigenvalue weighted by Gasteiger charge is 2.21. The van der Waals surface area contributed by atoms with Gasteiger partial charge in [0.15, 0.2) is 5.69 Å². The number of amides is 2. The van der Waals surface area contributed by atoms with Crippen molar-refractivity contribution in [3.8, 4) is 11.5 Å². The molecule has 1 atom stereocenters. The molecular weight excluding hydrogens is 501 g/mol. The predicted octanol–water partition coefficient (Wildman–Crippen LogP) is 4.36. The van der Waals surface area contributed by atoms with E-state index in [0.29, 0.717) is 29.0 Å². The lowest BCUT2D eigenvalue weighted by Gasteiger charge is -2.23. The van der Waals surface area contributed by atoms with Crippen LogP contribution in [0.3, 0.4) is 0 Å². The Morgan fingerprint density at radius 2 is 2.00 bits per heavy atom. The third kappa shape index (κ3) is 7.37. The molecule has 1 saturated heterocycles. The molecule has 2 amide bonds. The average molecular weight is 528 g/mol. The number of pyridine rings is 2. The van der Waals surface area contributed by atoms with E-state index in [1.165, 1.54) is 12.4 Å². The second-order valence-corrected chi connectivity index (χ2v) is 8.82. The van der Waals surface area contributed by atoms with Gasteiger partial charge in [-0.2, -0.15) is 0 Å². The standard InChI is InChI=1S/C26H27ClFN5O4/c27-18-5-8-23(31-15-18)33-26(35)24-21(4-2-11-30-24)32-25(34)20-7-6-19(36-12-9-28)13-22(20)37-16-17-3-1-10-29-14-17/h2,4-8,11,13,15,17,29H,1,3,9-10,12,14,16H2,(H,32,34)(H,31,33,35). The second kappa shape index (κ2) is 13.0. The Morgan fingerprint density at radius 3 is 2.76 bits per heavy atom. The molecule has 4 rings (SSSR count). The predicted molar refractivity (Wildman–Crippen MR) is 138 cm³/mol. The SMILES string of the molecule is O=C(Nc1cccnc1C(=O)Nc1ccc(Cl)cn1)c1ccc(OCCF)cc1OCC1CCCNC1. The molecule has 0 spiro atoms. The normalized spacial score (nSPS) is 15.0. The van der Waals surface area contributed by atoms with Crippen molar-refractivity contribution in [3.05, 3.63) is 71.1 Å². The summed E-state index contributed by atoms with van der Waals surface area (Å²) in [5.41, 5.74) is 0.455. The van der Waals surface area contributed by atoms with Gasteiger partial charge in [-0.3, -0.25) is 9.59 Å².